The van der Waals surface area contributed by atoms with Crippen molar-refractivity contribution in [3.8, 4) is 0 Å². The maximum Gasteiger partial charge on any atom is 0.0485 e. The number of benzene rings is 2. The van der Waals surface area contributed by atoms with E-state index in [1.54, 1.807) is 11.8 Å². The van der Waals surface area contributed by atoms with Gasteiger partial charge in [-0.1, -0.05) is 28.1 Å². The van der Waals surface area contributed by atoms with Crippen LogP contribution in [0.2, 0.25) is 0 Å². The maximum atomic E-state index is 3.50. The molecule has 0 amide bonds. The van der Waals surface area contributed by atoms with Crippen LogP contribution in [0.3, 0.4) is 0 Å². The third-order valence-electron chi connectivity index (χ3n) is 2.84. The van der Waals surface area contributed by atoms with E-state index in [2.05, 4.69) is 70.8 Å². The number of nitrogens with one attached hydrogen (secondary N) is 1. The first-order chi connectivity index (χ1) is 8.69. The summed E-state index contributed by atoms with van der Waals surface area (Å²) in [6.07, 6.45) is 2.10. The van der Waals surface area contributed by atoms with Gasteiger partial charge in [0.05, 0.1) is 0 Å². The van der Waals surface area contributed by atoms with E-state index in [0.29, 0.717) is 6.04 Å². The number of halogens is 1. The molecule has 94 valence electrons. The number of hydrogen-bond acceptors (Lipinski definition) is 2. The molecule has 0 aromatic heterocycles. The fraction of sp³-hybridized carbons (Fsp3) is 0.200. The highest BCUT2D eigenvalue weighted by Gasteiger charge is 2.04. The van der Waals surface area contributed by atoms with Crippen molar-refractivity contribution in [1.82, 2.24) is 0 Å². The first kappa shape index (κ1) is 13.5. The van der Waals surface area contributed by atoms with Gasteiger partial charge in [0.1, 0.15) is 0 Å². The fourth-order valence-electron chi connectivity index (χ4n) is 1.77. The van der Waals surface area contributed by atoms with Crippen LogP contribution in [0.4, 0.5) is 5.69 Å². The molecule has 0 aliphatic rings. The molecule has 0 saturated heterocycles. The molecule has 1 unspecified atom stereocenters. The van der Waals surface area contributed by atoms with Crippen molar-refractivity contribution in [1.29, 1.82) is 0 Å². The molecule has 0 bridgehead atoms. The highest BCUT2D eigenvalue weighted by molar-refractivity contribution is 9.10. The Balaban J connectivity index is 2.06. The topological polar surface area (TPSA) is 12.0 Å². The zero-order valence-electron chi connectivity index (χ0n) is 10.5. The monoisotopic (exact) mass is 321 g/mol. The van der Waals surface area contributed by atoms with Crippen LogP contribution < -0.4 is 5.32 Å². The first-order valence-electron chi connectivity index (χ1n) is 5.85. The fourth-order valence-corrected chi connectivity index (χ4v) is 2.44. The predicted molar refractivity (Wildman–Crippen MR) is 84.4 cm³/mol. The molecule has 0 spiro atoms. The zero-order chi connectivity index (χ0) is 13.0. The predicted octanol–water partition coefficient (Wildman–Crippen LogP) is 5.34. The molecule has 18 heavy (non-hydrogen) atoms. The Bertz CT molecular complexity index is 493. The summed E-state index contributed by atoms with van der Waals surface area (Å²) in [7, 11) is 0. The molecular weight excluding hydrogens is 306 g/mol. The standard InChI is InChI=1S/C15H16BrNS/c1-11(12-3-9-15(18-2)10-4-12)17-14-7-5-13(16)6-8-14/h3-11,17H,1-2H3. The molecule has 0 radical (unpaired) electrons. The summed E-state index contributed by atoms with van der Waals surface area (Å²) in [4.78, 5) is 1.30. The Morgan fingerprint density at radius 3 is 2.17 bits per heavy atom. The van der Waals surface area contributed by atoms with Gasteiger partial charge in [0.25, 0.3) is 0 Å². The molecule has 2 rings (SSSR count). The van der Waals surface area contributed by atoms with Crippen molar-refractivity contribution in [2.45, 2.75) is 17.9 Å². The summed E-state index contributed by atoms with van der Waals surface area (Å²) in [6.45, 7) is 2.18. The molecule has 0 saturated carbocycles. The lowest BCUT2D eigenvalue weighted by Crippen LogP contribution is -2.06. The minimum Gasteiger partial charge on any atom is -0.379 e. The normalized spacial score (nSPS) is 12.2. The average Bonchev–Trinajstić information content (AvgIpc) is 2.41. The second-order valence-corrected chi connectivity index (χ2v) is 5.94. The molecule has 2 aromatic carbocycles. The minimum absolute atomic E-state index is 0.307. The Morgan fingerprint density at radius 1 is 1.00 bits per heavy atom. The van der Waals surface area contributed by atoms with Crippen LogP contribution in [-0.4, -0.2) is 6.26 Å². The van der Waals surface area contributed by atoms with Crippen LogP contribution in [0.25, 0.3) is 0 Å². The number of rotatable bonds is 4. The third-order valence-corrected chi connectivity index (χ3v) is 4.12. The third kappa shape index (κ3) is 3.53. The lowest BCUT2D eigenvalue weighted by molar-refractivity contribution is 0.883. The molecule has 3 heteroatoms. The van der Waals surface area contributed by atoms with E-state index < -0.39 is 0 Å². The Kier molecular flexibility index (Phi) is 4.72. The summed E-state index contributed by atoms with van der Waals surface area (Å²) < 4.78 is 1.10. The summed E-state index contributed by atoms with van der Waals surface area (Å²) in [5, 5.41) is 3.50. The van der Waals surface area contributed by atoms with Crippen molar-refractivity contribution in [3.63, 3.8) is 0 Å². The van der Waals surface area contributed by atoms with Gasteiger partial charge in [-0.15, -0.1) is 11.8 Å². The summed E-state index contributed by atoms with van der Waals surface area (Å²) in [5.74, 6) is 0. The molecule has 1 nitrogen and oxygen atoms in total. The van der Waals surface area contributed by atoms with Crippen LogP contribution in [0.5, 0.6) is 0 Å². The lowest BCUT2D eigenvalue weighted by atomic mass is 10.1. The van der Waals surface area contributed by atoms with Crippen LogP contribution >= 0.6 is 27.7 Å². The highest BCUT2D eigenvalue weighted by Crippen LogP contribution is 2.23. The van der Waals surface area contributed by atoms with Gasteiger partial charge in [-0.05, 0) is 55.1 Å². The second kappa shape index (κ2) is 6.30. The number of thioether (sulfide) groups is 1. The smallest absolute Gasteiger partial charge is 0.0485 e. The zero-order valence-corrected chi connectivity index (χ0v) is 12.9. The SMILES string of the molecule is CSc1ccc(C(C)Nc2ccc(Br)cc2)cc1. The number of anilines is 1. The molecule has 0 aliphatic carbocycles. The van der Waals surface area contributed by atoms with E-state index in [1.807, 2.05) is 12.1 Å². The van der Waals surface area contributed by atoms with Gasteiger partial charge in [0.2, 0.25) is 0 Å². The van der Waals surface area contributed by atoms with Crippen molar-refractivity contribution in [2.75, 3.05) is 11.6 Å². The summed E-state index contributed by atoms with van der Waals surface area (Å²) in [5.41, 5.74) is 2.44. The lowest BCUT2D eigenvalue weighted by Gasteiger charge is -2.16. The molecule has 1 N–H and O–H groups in total. The Morgan fingerprint density at radius 2 is 1.61 bits per heavy atom. The van der Waals surface area contributed by atoms with Crippen molar-refractivity contribution >= 4 is 33.4 Å². The van der Waals surface area contributed by atoms with E-state index in [9.17, 15) is 0 Å². The van der Waals surface area contributed by atoms with Gasteiger partial charge in [0.15, 0.2) is 0 Å². The van der Waals surface area contributed by atoms with Crippen LogP contribution in [0.15, 0.2) is 57.9 Å². The quantitative estimate of drug-likeness (QED) is 0.762. The molecular formula is C15H16BrNS. The van der Waals surface area contributed by atoms with Crippen molar-refractivity contribution in [2.24, 2.45) is 0 Å². The van der Waals surface area contributed by atoms with E-state index in [-0.39, 0.29) is 0 Å². The van der Waals surface area contributed by atoms with Crippen molar-refractivity contribution < 1.29 is 0 Å². The Hall–Kier alpha value is -0.930. The van der Waals surface area contributed by atoms with Crippen LogP contribution in [0.1, 0.15) is 18.5 Å². The van der Waals surface area contributed by atoms with Crippen LogP contribution in [-0.2, 0) is 0 Å². The van der Waals surface area contributed by atoms with E-state index >= 15 is 0 Å². The average molecular weight is 322 g/mol. The molecule has 0 heterocycles. The molecule has 1 atom stereocenters. The van der Waals surface area contributed by atoms with Gasteiger partial charge in [-0.3, -0.25) is 0 Å². The van der Waals surface area contributed by atoms with Gasteiger partial charge in [0, 0.05) is 21.1 Å². The van der Waals surface area contributed by atoms with Gasteiger partial charge >= 0.3 is 0 Å². The largest absolute Gasteiger partial charge is 0.379 e. The summed E-state index contributed by atoms with van der Waals surface area (Å²) >= 11 is 5.21. The highest BCUT2D eigenvalue weighted by atomic mass is 79.9. The van der Waals surface area contributed by atoms with Crippen molar-refractivity contribution in [3.05, 3.63) is 58.6 Å². The van der Waals surface area contributed by atoms with Gasteiger partial charge in [-0.2, -0.15) is 0 Å². The minimum atomic E-state index is 0.307. The van der Waals surface area contributed by atoms with E-state index in [1.165, 1.54) is 10.5 Å². The molecule has 2 aromatic rings. The van der Waals surface area contributed by atoms with E-state index in [0.717, 1.165) is 10.2 Å². The Labute approximate surface area is 121 Å². The van der Waals surface area contributed by atoms with Gasteiger partial charge in [-0.25, -0.2) is 0 Å². The molecule has 0 aliphatic heterocycles. The molecule has 0 fully saturated rings. The number of hydrogen-bond donors (Lipinski definition) is 1. The second-order valence-electron chi connectivity index (χ2n) is 4.15. The first-order valence-corrected chi connectivity index (χ1v) is 7.87. The van der Waals surface area contributed by atoms with Crippen LogP contribution in [0, 0.1) is 0 Å². The summed E-state index contributed by atoms with van der Waals surface area (Å²) in [6, 6.07) is 17.3. The van der Waals surface area contributed by atoms with E-state index in [4.69, 9.17) is 0 Å². The van der Waals surface area contributed by atoms with Gasteiger partial charge < -0.3 is 5.32 Å². The maximum absolute atomic E-state index is 3.50.